The summed E-state index contributed by atoms with van der Waals surface area (Å²) < 4.78 is 13.3. The standard InChI is InChI=1S/C30H23ClFN3O3S/c31-22-8-12-24(13-9-22)33-28(36)19-39-26-16-14-25(15-17-26)34-30(38)27(18-20-6-10-23(32)11-7-20)35-29(37)21-4-2-1-3-5-21/h1-18H,19H2,(H,33,36)(H,34,38)(H,35,37)/b27-18-. The van der Waals surface area contributed by atoms with E-state index in [4.69, 9.17) is 11.6 Å². The van der Waals surface area contributed by atoms with Crippen molar-refractivity contribution in [3.63, 3.8) is 0 Å². The largest absolute Gasteiger partial charge is 0.325 e. The van der Waals surface area contributed by atoms with Gasteiger partial charge in [0, 0.05) is 26.9 Å². The van der Waals surface area contributed by atoms with E-state index in [9.17, 15) is 18.8 Å². The van der Waals surface area contributed by atoms with Gasteiger partial charge in [0.05, 0.1) is 5.75 Å². The molecular weight excluding hydrogens is 537 g/mol. The smallest absolute Gasteiger partial charge is 0.272 e. The fourth-order valence-corrected chi connectivity index (χ4v) is 4.20. The zero-order chi connectivity index (χ0) is 27.6. The lowest BCUT2D eigenvalue weighted by Gasteiger charge is -2.12. The van der Waals surface area contributed by atoms with Crippen LogP contribution >= 0.6 is 23.4 Å². The van der Waals surface area contributed by atoms with Crippen molar-refractivity contribution in [2.24, 2.45) is 0 Å². The van der Waals surface area contributed by atoms with Gasteiger partial charge >= 0.3 is 0 Å². The number of rotatable bonds is 9. The van der Waals surface area contributed by atoms with Gasteiger partial charge in [0.25, 0.3) is 11.8 Å². The molecule has 3 amide bonds. The molecule has 0 saturated carbocycles. The number of hydrogen-bond donors (Lipinski definition) is 3. The summed E-state index contributed by atoms with van der Waals surface area (Å²) in [5, 5.41) is 8.80. The molecule has 4 rings (SSSR count). The molecule has 39 heavy (non-hydrogen) atoms. The number of halogens is 2. The van der Waals surface area contributed by atoms with Crippen LogP contribution in [0, 0.1) is 5.82 Å². The highest BCUT2D eigenvalue weighted by Crippen LogP contribution is 2.22. The van der Waals surface area contributed by atoms with Crippen molar-refractivity contribution in [1.82, 2.24) is 5.32 Å². The van der Waals surface area contributed by atoms with Crippen LogP contribution in [0.5, 0.6) is 0 Å². The van der Waals surface area contributed by atoms with Gasteiger partial charge in [0.1, 0.15) is 11.5 Å². The molecule has 0 aliphatic carbocycles. The predicted molar refractivity (Wildman–Crippen MR) is 154 cm³/mol. The van der Waals surface area contributed by atoms with Crippen molar-refractivity contribution in [2.45, 2.75) is 4.90 Å². The second-order valence-electron chi connectivity index (χ2n) is 8.25. The zero-order valence-electron chi connectivity index (χ0n) is 20.5. The molecule has 6 nitrogen and oxygen atoms in total. The summed E-state index contributed by atoms with van der Waals surface area (Å²) >= 11 is 7.21. The van der Waals surface area contributed by atoms with Crippen molar-refractivity contribution in [3.8, 4) is 0 Å². The van der Waals surface area contributed by atoms with E-state index < -0.39 is 17.6 Å². The molecule has 0 heterocycles. The van der Waals surface area contributed by atoms with Crippen LogP contribution in [-0.2, 0) is 9.59 Å². The van der Waals surface area contributed by atoms with Crippen LogP contribution in [0.25, 0.3) is 6.08 Å². The maximum absolute atomic E-state index is 13.3. The molecule has 3 N–H and O–H groups in total. The van der Waals surface area contributed by atoms with E-state index in [1.54, 1.807) is 78.9 Å². The first-order valence-corrected chi connectivity index (χ1v) is 13.2. The number of carbonyl (C=O) groups excluding carboxylic acids is 3. The molecule has 9 heteroatoms. The van der Waals surface area contributed by atoms with E-state index in [1.165, 1.54) is 42.1 Å². The topological polar surface area (TPSA) is 87.3 Å². The van der Waals surface area contributed by atoms with Gasteiger partial charge in [0.15, 0.2) is 0 Å². The van der Waals surface area contributed by atoms with E-state index in [0.717, 1.165) is 4.90 Å². The van der Waals surface area contributed by atoms with Crippen LogP contribution < -0.4 is 16.0 Å². The Hall–Kier alpha value is -4.40. The molecule has 196 valence electrons. The van der Waals surface area contributed by atoms with Crippen LogP contribution in [0.4, 0.5) is 15.8 Å². The summed E-state index contributed by atoms with van der Waals surface area (Å²) in [7, 11) is 0. The first-order valence-electron chi connectivity index (χ1n) is 11.8. The molecule has 0 bridgehead atoms. The summed E-state index contributed by atoms with van der Waals surface area (Å²) in [5.74, 6) is -1.38. The lowest BCUT2D eigenvalue weighted by atomic mass is 10.1. The van der Waals surface area contributed by atoms with Gasteiger partial charge in [-0.25, -0.2) is 4.39 Å². The summed E-state index contributed by atoms with van der Waals surface area (Å²) in [6.07, 6.45) is 1.47. The number of carbonyl (C=O) groups is 3. The van der Waals surface area contributed by atoms with Crippen molar-refractivity contribution in [1.29, 1.82) is 0 Å². The number of anilines is 2. The van der Waals surface area contributed by atoms with E-state index in [0.29, 0.717) is 27.5 Å². The van der Waals surface area contributed by atoms with Crippen molar-refractivity contribution < 1.29 is 18.8 Å². The van der Waals surface area contributed by atoms with Crippen LogP contribution in [0.1, 0.15) is 15.9 Å². The van der Waals surface area contributed by atoms with E-state index in [2.05, 4.69) is 16.0 Å². The molecule has 0 unspecified atom stereocenters. The van der Waals surface area contributed by atoms with Gasteiger partial charge in [-0.3, -0.25) is 14.4 Å². The summed E-state index contributed by atoms with van der Waals surface area (Å²) in [6, 6.07) is 27.9. The number of amides is 3. The van der Waals surface area contributed by atoms with E-state index in [1.807, 2.05) is 0 Å². The lowest BCUT2D eigenvalue weighted by Crippen LogP contribution is -2.30. The third kappa shape index (κ3) is 8.56. The molecule has 4 aromatic rings. The van der Waals surface area contributed by atoms with Crippen molar-refractivity contribution in [3.05, 3.63) is 131 Å². The minimum absolute atomic E-state index is 0.00668. The highest BCUT2D eigenvalue weighted by molar-refractivity contribution is 8.00. The van der Waals surface area contributed by atoms with Gasteiger partial charge in [0.2, 0.25) is 5.91 Å². The second-order valence-corrected chi connectivity index (χ2v) is 9.74. The van der Waals surface area contributed by atoms with Gasteiger partial charge in [-0.15, -0.1) is 11.8 Å². The Kier molecular flexibility index (Phi) is 9.50. The van der Waals surface area contributed by atoms with Crippen LogP contribution in [-0.4, -0.2) is 23.5 Å². The van der Waals surface area contributed by atoms with Crippen molar-refractivity contribution in [2.75, 3.05) is 16.4 Å². The Morgan fingerprint density at radius 1 is 0.769 bits per heavy atom. The molecule has 0 aromatic heterocycles. The Bertz CT molecular complexity index is 1480. The average Bonchev–Trinajstić information content (AvgIpc) is 2.95. The lowest BCUT2D eigenvalue weighted by molar-refractivity contribution is -0.114. The summed E-state index contributed by atoms with van der Waals surface area (Å²) in [4.78, 5) is 38.9. The molecule has 0 spiro atoms. The molecule has 0 saturated heterocycles. The molecule has 0 aliphatic heterocycles. The van der Waals surface area contributed by atoms with Gasteiger partial charge in [-0.2, -0.15) is 0 Å². The third-order valence-electron chi connectivity index (χ3n) is 5.32. The van der Waals surface area contributed by atoms with Gasteiger partial charge in [-0.05, 0) is 84.4 Å². The monoisotopic (exact) mass is 559 g/mol. The van der Waals surface area contributed by atoms with E-state index in [-0.39, 0.29) is 17.4 Å². The molecular formula is C30H23ClFN3O3S. The number of nitrogens with one attached hydrogen (secondary N) is 3. The van der Waals surface area contributed by atoms with Crippen LogP contribution in [0.2, 0.25) is 5.02 Å². The summed E-state index contributed by atoms with van der Waals surface area (Å²) in [6.45, 7) is 0. The predicted octanol–water partition coefficient (Wildman–Crippen LogP) is 6.62. The normalized spacial score (nSPS) is 11.0. The number of benzene rings is 4. The Balaban J connectivity index is 1.39. The molecule has 4 aromatic carbocycles. The first-order chi connectivity index (χ1) is 18.9. The fraction of sp³-hybridized carbons (Fsp3) is 0.0333. The maximum atomic E-state index is 13.3. The number of hydrogen-bond acceptors (Lipinski definition) is 4. The maximum Gasteiger partial charge on any atom is 0.272 e. The van der Waals surface area contributed by atoms with Crippen molar-refractivity contribution >= 4 is 58.5 Å². The number of thioether (sulfide) groups is 1. The highest BCUT2D eigenvalue weighted by atomic mass is 35.5. The highest BCUT2D eigenvalue weighted by Gasteiger charge is 2.15. The summed E-state index contributed by atoms with van der Waals surface area (Å²) in [5.41, 5.74) is 2.07. The minimum atomic E-state index is -0.550. The van der Waals surface area contributed by atoms with Crippen LogP contribution in [0.15, 0.2) is 114 Å². The second kappa shape index (κ2) is 13.4. The minimum Gasteiger partial charge on any atom is -0.325 e. The fourth-order valence-electron chi connectivity index (χ4n) is 3.38. The van der Waals surface area contributed by atoms with Gasteiger partial charge in [-0.1, -0.05) is 41.9 Å². The van der Waals surface area contributed by atoms with E-state index >= 15 is 0 Å². The molecule has 0 aliphatic rings. The molecule has 0 fully saturated rings. The van der Waals surface area contributed by atoms with Crippen LogP contribution in [0.3, 0.4) is 0 Å². The molecule has 0 atom stereocenters. The average molecular weight is 560 g/mol. The zero-order valence-corrected chi connectivity index (χ0v) is 22.1. The Morgan fingerprint density at radius 3 is 2.05 bits per heavy atom. The third-order valence-corrected chi connectivity index (χ3v) is 6.58. The van der Waals surface area contributed by atoms with Gasteiger partial charge < -0.3 is 16.0 Å². The first kappa shape index (κ1) is 27.6. The SMILES string of the molecule is O=C(CSc1ccc(NC(=O)/C(=C/c2ccc(F)cc2)NC(=O)c2ccccc2)cc1)Nc1ccc(Cl)cc1. The quantitative estimate of drug-likeness (QED) is 0.159. The molecule has 0 radical (unpaired) electrons. The Morgan fingerprint density at radius 2 is 1.38 bits per heavy atom. The Labute approximate surface area is 234 Å².